The van der Waals surface area contributed by atoms with Gasteiger partial charge in [-0.05, 0) is 69.7 Å². The molecule has 9 nitrogen and oxygen atoms in total. The number of carboxylic acids is 1. The number of furan rings is 1. The minimum Gasteiger partial charge on any atom is -0.494 e. The number of carbonyl (C=O) groups excluding carboxylic acids is 1. The lowest BCUT2D eigenvalue weighted by atomic mass is 9.96. The first kappa shape index (κ1) is 29.1. The van der Waals surface area contributed by atoms with Crippen molar-refractivity contribution in [3.8, 4) is 17.1 Å². The minimum absolute atomic E-state index is 0.0117. The Morgan fingerprint density at radius 3 is 2.55 bits per heavy atom. The molecule has 0 spiro atoms. The molecule has 5 rings (SSSR count). The molecule has 216 valence electrons. The molecule has 1 atom stereocenters. The summed E-state index contributed by atoms with van der Waals surface area (Å²) in [6.45, 7) is 7.66. The van der Waals surface area contributed by atoms with Gasteiger partial charge in [0.05, 0.1) is 45.1 Å². The number of hydrogen-bond donors (Lipinski definition) is 1. The van der Waals surface area contributed by atoms with Crippen LogP contribution in [-0.4, -0.2) is 34.3 Å². The average molecular weight is 607 g/mol. The largest absolute Gasteiger partial charge is 0.494 e. The van der Waals surface area contributed by atoms with Crippen molar-refractivity contribution in [3.05, 3.63) is 107 Å². The van der Waals surface area contributed by atoms with E-state index in [-0.39, 0.29) is 27.8 Å². The van der Waals surface area contributed by atoms with Crippen LogP contribution < -0.4 is 19.6 Å². The van der Waals surface area contributed by atoms with E-state index < -0.39 is 18.0 Å². The molecule has 0 saturated heterocycles. The van der Waals surface area contributed by atoms with Gasteiger partial charge in [0.1, 0.15) is 17.3 Å². The van der Waals surface area contributed by atoms with Crippen LogP contribution >= 0.6 is 22.9 Å². The lowest BCUT2D eigenvalue weighted by molar-refractivity contribution is -0.143. The van der Waals surface area contributed by atoms with Gasteiger partial charge in [0.2, 0.25) is 0 Å². The first-order valence-electron chi connectivity index (χ1n) is 13.2. The number of fused-ring (bicyclic) bond motifs is 1. The van der Waals surface area contributed by atoms with Gasteiger partial charge >= 0.3 is 11.9 Å². The molecule has 1 N–H and O–H groups in total. The van der Waals surface area contributed by atoms with Crippen molar-refractivity contribution in [2.45, 2.75) is 39.8 Å². The molecular formula is C31H27ClN2O7S. The van der Waals surface area contributed by atoms with Crippen molar-refractivity contribution in [1.82, 2.24) is 4.57 Å². The summed E-state index contributed by atoms with van der Waals surface area (Å²) in [6, 6.07) is 14.4. The van der Waals surface area contributed by atoms with Crippen molar-refractivity contribution in [1.29, 1.82) is 0 Å². The topological polar surface area (TPSA) is 120 Å². The summed E-state index contributed by atoms with van der Waals surface area (Å²) in [4.78, 5) is 43.5. The second-order valence-electron chi connectivity index (χ2n) is 9.74. The van der Waals surface area contributed by atoms with Crippen LogP contribution in [0, 0.1) is 0 Å². The second-order valence-corrected chi connectivity index (χ2v) is 11.2. The Morgan fingerprint density at radius 2 is 1.90 bits per heavy atom. The Morgan fingerprint density at radius 1 is 1.17 bits per heavy atom. The molecule has 11 heteroatoms. The van der Waals surface area contributed by atoms with Gasteiger partial charge in [-0.2, -0.15) is 0 Å². The van der Waals surface area contributed by atoms with Crippen molar-refractivity contribution in [2.75, 3.05) is 6.61 Å². The third kappa shape index (κ3) is 5.68. The fourth-order valence-electron chi connectivity index (χ4n) is 4.65. The van der Waals surface area contributed by atoms with E-state index in [0.29, 0.717) is 50.0 Å². The third-order valence-corrected chi connectivity index (χ3v) is 7.77. The summed E-state index contributed by atoms with van der Waals surface area (Å²) in [5.74, 6) is -0.131. The SMILES string of the molecule is CCOc1ccc([C@@H]2C(C(=O)OC(C)C)=C(C)N=c3s/c(=C/c4ccc(-c5ccc(C(=O)O)c(Cl)c5)o4)c(=O)n32)cc1. The molecule has 2 aromatic carbocycles. The van der Waals surface area contributed by atoms with Crippen LogP contribution in [-0.2, 0) is 9.53 Å². The van der Waals surface area contributed by atoms with Gasteiger partial charge in [0.15, 0.2) is 4.80 Å². The van der Waals surface area contributed by atoms with Crippen LogP contribution in [0.3, 0.4) is 0 Å². The number of rotatable bonds is 8. The smallest absolute Gasteiger partial charge is 0.338 e. The zero-order valence-corrected chi connectivity index (χ0v) is 24.8. The quantitative estimate of drug-likeness (QED) is 0.274. The number of aromatic carboxylic acids is 1. The molecular weight excluding hydrogens is 580 g/mol. The van der Waals surface area contributed by atoms with Crippen LogP contribution in [0.25, 0.3) is 17.4 Å². The van der Waals surface area contributed by atoms with Crippen molar-refractivity contribution >= 4 is 41.0 Å². The predicted molar refractivity (Wildman–Crippen MR) is 159 cm³/mol. The van der Waals surface area contributed by atoms with Crippen LogP contribution in [0.5, 0.6) is 5.75 Å². The van der Waals surface area contributed by atoms with E-state index in [1.54, 1.807) is 57.2 Å². The monoisotopic (exact) mass is 606 g/mol. The molecule has 0 fully saturated rings. The Labute approximate surface area is 249 Å². The number of thiazole rings is 1. The van der Waals surface area contributed by atoms with E-state index in [1.165, 1.54) is 28.0 Å². The highest BCUT2D eigenvalue weighted by atomic mass is 35.5. The van der Waals surface area contributed by atoms with E-state index >= 15 is 0 Å². The Balaban J connectivity index is 1.59. The molecule has 0 bridgehead atoms. The van der Waals surface area contributed by atoms with Crippen molar-refractivity contribution in [3.63, 3.8) is 0 Å². The first-order valence-corrected chi connectivity index (χ1v) is 14.4. The maximum absolute atomic E-state index is 13.9. The number of benzene rings is 2. The molecule has 4 aromatic rings. The normalized spacial score (nSPS) is 15.0. The third-order valence-electron chi connectivity index (χ3n) is 6.48. The van der Waals surface area contributed by atoms with Gasteiger partial charge in [-0.3, -0.25) is 9.36 Å². The average Bonchev–Trinajstić information content (AvgIpc) is 3.52. The zero-order chi connectivity index (χ0) is 30.1. The van der Waals surface area contributed by atoms with E-state index in [4.69, 9.17) is 25.5 Å². The fourth-order valence-corrected chi connectivity index (χ4v) is 5.93. The summed E-state index contributed by atoms with van der Waals surface area (Å²) in [5, 5.41) is 9.32. The number of carboxylic acid groups (broad SMARTS) is 1. The number of halogens is 1. The maximum Gasteiger partial charge on any atom is 0.338 e. The van der Waals surface area contributed by atoms with Crippen LogP contribution in [0.1, 0.15) is 55.4 Å². The highest BCUT2D eigenvalue weighted by molar-refractivity contribution is 7.07. The lowest BCUT2D eigenvalue weighted by Gasteiger charge is -2.25. The Bertz CT molecular complexity index is 1900. The summed E-state index contributed by atoms with van der Waals surface area (Å²) in [6.07, 6.45) is 1.26. The Kier molecular flexibility index (Phi) is 8.20. The molecule has 2 aromatic heterocycles. The maximum atomic E-state index is 13.9. The molecule has 42 heavy (non-hydrogen) atoms. The van der Waals surface area contributed by atoms with Crippen molar-refractivity contribution in [2.24, 2.45) is 4.99 Å². The number of ether oxygens (including phenoxy) is 2. The molecule has 0 aliphatic carbocycles. The standard InChI is InChI=1S/C31H27ClN2O7S/c1-5-39-20-9-6-18(7-10-20)27-26(30(38)40-16(2)3)17(4)33-31-34(27)28(35)25(42-31)15-21-11-13-24(41-21)19-8-12-22(29(36)37)23(32)14-19/h6-16,27H,5H2,1-4H3,(H,36,37)/b25-15+/t27-/m1/s1. The molecule has 3 heterocycles. The number of allylic oxidation sites excluding steroid dienone is 1. The number of nitrogens with zero attached hydrogens (tertiary/aromatic N) is 2. The van der Waals surface area contributed by atoms with E-state index in [1.807, 2.05) is 19.1 Å². The Hall–Kier alpha value is -4.41. The molecule has 1 aliphatic rings. The van der Waals surface area contributed by atoms with Gasteiger partial charge in [-0.15, -0.1) is 0 Å². The molecule has 0 amide bonds. The number of carbonyl (C=O) groups is 2. The molecule has 0 unspecified atom stereocenters. The van der Waals surface area contributed by atoms with E-state index in [0.717, 1.165) is 0 Å². The van der Waals surface area contributed by atoms with Crippen LogP contribution in [0.15, 0.2) is 80.1 Å². The predicted octanol–water partition coefficient (Wildman–Crippen LogP) is 5.20. The fraction of sp³-hybridized carbons (Fsp3) is 0.226. The van der Waals surface area contributed by atoms with Crippen LogP contribution in [0.4, 0.5) is 0 Å². The van der Waals surface area contributed by atoms with E-state index in [9.17, 15) is 19.5 Å². The second kappa shape index (κ2) is 11.8. The zero-order valence-electron chi connectivity index (χ0n) is 23.2. The summed E-state index contributed by atoms with van der Waals surface area (Å²) < 4.78 is 18.9. The molecule has 1 aliphatic heterocycles. The van der Waals surface area contributed by atoms with E-state index in [2.05, 4.69) is 4.99 Å². The molecule has 0 radical (unpaired) electrons. The minimum atomic E-state index is -1.12. The van der Waals surface area contributed by atoms with Gasteiger partial charge in [-0.1, -0.05) is 41.1 Å². The summed E-state index contributed by atoms with van der Waals surface area (Å²) in [5.41, 5.74) is 1.70. The number of esters is 1. The van der Waals surface area contributed by atoms with Crippen LogP contribution in [0.2, 0.25) is 5.02 Å². The lowest BCUT2D eigenvalue weighted by Crippen LogP contribution is -2.40. The number of hydrogen-bond acceptors (Lipinski definition) is 8. The summed E-state index contributed by atoms with van der Waals surface area (Å²) in [7, 11) is 0. The van der Waals surface area contributed by atoms with Gasteiger partial charge < -0.3 is 19.0 Å². The van der Waals surface area contributed by atoms with Gasteiger partial charge in [0.25, 0.3) is 5.56 Å². The number of aromatic nitrogens is 1. The molecule has 0 saturated carbocycles. The van der Waals surface area contributed by atoms with Gasteiger partial charge in [-0.25, -0.2) is 14.6 Å². The highest BCUT2D eigenvalue weighted by Gasteiger charge is 2.33. The highest BCUT2D eigenvalue weighted by Crippen LogP contribution is 2.32. The first-order chi connectivity index (χ1) is 20.1. The summed E-state index contributed by atoms with van der Waals surface area (Å²) >= 11 is 7.31. The van der Waals surface area contributed by atoms with Gasteiger partial charge in [0, 0.05) is 11.6 Å². The van der Waals surface area contributed by atoms with Crippen molar-refractivity contribution < 1.29 is 28.6 Å².